The Morgan fingerprint density at radius 2 is 1.90 bits per heavy atom. The molecule has 3 heterocycles. The van der Waals surface area contributed by atoms with E-state index in [2.05, 4.69) is 15.1 Å². The summed E-state index contributed by atoms with van der Waals surface area (Å²) in [6, 6.07) is 7.09. The molecule has 6 nitrogen and oxygen atoms in total. The van der Waals surface area contributed by atoms with Gasteiger partial charge < -0.3 is 4.42 Å². The van der Waals surface area contributed by atoms with Gasteiger partial charge in [-0.3, -0.25) is 0 Å². The number of hydrogen-bond acceptors (Lipinski definition) is 5. The first-order valence-corrected chi connectivity index (χ1v) is 8.73. The van der Waals surface area contributed by atoms with Crippen LogP contribution in [0.15, 0.2) is 45.7 Å². The van der Waals surface area contributed by atoms with Crippen LogP contribution >= 0.6 is 11.6 Å². The van der Waals surface area contributed by atoms with Gasteiger partial charge in [-0.1, -0.05) is 17.7 Å². The third-order valence-electron chi connectivity index (χ3n) is 4.29. The molecule has 0 N–H and O–H groups in total. The van der Waals surface area contributed by atoms with Crippen molar-refractivity contribution in [1.29, 1.82) is 0 Å². The third kappa shape index (κ3) is 3.38. The lowest BCUT2D eigenvalue weighted by Crippen LogP contribution is -2.10. The van der Waals surface area contributed by atoms with E-state index in [0.717, 1.165) is 10.7 Å². The molecule has 148 valence electrons. The van der Waals surface area contributed by atoms with E-state index in [1.807, 2.05) is 0 Å². The summed E-state index contributed by atoms with van der Waals surface area (Å²) >= 11 is 5.97. The summed E-state index contributed by atoms with van der Waals surface area (Å²) in [5, 5.41) is 4.10. The van der Waals surface area contributed by atoms with Gasteiger partial charge in [0.05, 0.1) is 10.9 Å². The second kappa shape index (κ2) is 6.70. The van der Waals surface area contributed by atoms with E-state index in [-0.39, 0.29) is 28.3 Å². The summed E-state index contributed by atoms with van der Waals surface area (Å²) in [6.07, 6.45) is -3.28. The van der Waals surface area contributed by atoms with Gasteiger partial charge in [-0.2, -0.15) is 18.3 Å². The Hall–Kier alpha value is -3.20. The van der Waals surface area contributed by atoms with Crippen LogP contribution < -0.4 is 5.63 Å². The predicted molar refractivity (Wildman–Crippen MR) is 100 cm³/mol. The molecule has 0 amide bonds. The number of pyridine rings is 1. The van der Waals surface area contributed by atoms with Crippen molar-refractivity contribution in [3.8, 4) is 17.4 Å². The molecule has 10 heteroatoms. The second-order valence-electron chi connectivity index (χ2n) is 6.39. The molecule has 0 unspecified atom stereocenters. The van der Waals surface area contributed by atoms with Crippen LogP contribution in [0.3, 0.4) is 0 Å². The van der Waals surface area contributed by atoms with Crippen LogP contribution in [0.25, 0.3) is 28.3 Å². The van der Waals surface area contributed by atoms with Crippen LogP contribution in [0, 0.1) is 13.8 Å². The highest BCUT2D eigenvalue weighted by Gasteiger charge is 2.36. The van der Waals surface area contributed by atoms with Crippen molar-refractivity contribution >= 4 is 22.5 Å². The minimum absolute atomic E-state index is 0.134. The predicted octanol–water partition coefficient (Wildman–Crippen LogP) is 4.72. The highest BCUT2D eigenvalue weighted by molar-refractivity contribution is 6.31. The minimum Gasteiger partial charge on any atom is -0.401 e. The van der Waals surface area contributed by atoms with Crippen molar-refractivity contribution in [3.05, 3.63) is 68.8 Å². The zero-order chi connectivity index (χ0) is 20.9. The normalized spacial score (nSPS) is 11.9. The average molecular weight is 421 g/mol. The van der Waals surface area contributed by atoms with E-state index in [0.29, 0.717) is 16.1 Å². The van der Waals surface area contributed by atoms with Crippen molar-refractivity contribution in [3.63, 3.8) is 0 Å². The number of fused-ring (bicyclic) bond motifs is 1. The van der Waals surface area contributed by atoms with Crippen molar-refractivity contribution in [2.75, 3.05) is 0 Å². The lowest BCUT2D eigenvalue weighted by Gasteiger charge is -2.09. The first-order valence-electron chi connectivity index (χ1n) is 8.36. The van der Waals surface area contributed by atoms with E-state index in [1.165, 1.54) is 12.3 Å². The Kier molecular flexibility index (Phi) is 4.42. The molecular formula is C19H12ClF3N4O2. The Morgan fingerprint density at radius 3 is 2.59 bits per heavy atom. The minimum atomic E-state index is -4.71. The fourth-order valence-electron chi connectivity index (χ4n) is 2.95. The molecule has 0 radical (unpaired) electrons. The van der Waals surface area contributed by atoms with Gasteiger partial charge in [0.1, 0.15) is 5.69 Å². The molecule has 1 aromatic carbocycles. The second-order valence-corrected chi connectivity index (χ2v) is 6.83. The number of aromatic nitrogens is 4. The van der Waals surface area contributed by atoms with Crippen LogP contribution in [-0.2, 0) is 6.18 Å². The summed E-state index contributed by atoms with van der Waals surface area (Å²) in [6.45, 7) is 3.36. The maximum absolute atomic E-state index is 13.3. The number of nitrogens with zero attached hydrogens (tertiary/aromatic N) is 4. The average Bonchev–Trinajstić information content (AvgIpc) is 3.08. The quantitative estimate of drug-likeness (QED) is 0.469. The smallest absolute Gasteiger partial charge is 0.401 e. The molecule has 0 saturated heterocycles. The van der Waals surface area contributed by atoms with E-state index >= 15 is 0 Å². The molecule has 4 aromatic rings. The number of rotatable bonds is 2. The monoisotopic (exact) mass is 420 g/mol. The number of hydrogen-bond donors (Lipinski definition) is 0. The summed E-state index contributed by atoms with van der Waals surface area (Å²) in [7, 11) is 0. The Balaban J connectivity index is 2.04. The summed E-state index contributed by atoms with van der Waals surface area (Å²) < 4.78 is 46.2. The molecule has 0 spiro atoms. The van der Waals surface area contributed by atoms with Crippen LogP contribution in [-0.4, -0.2) is 19.7 Å². The topological polar surface area (TPSA) is 73.8 Å². The first kappa shape index (κ1) is 19.1. The lowest BCUT2D eigenvalue weighted by atomic mass is 10.1. The summed E-state index contributed by atoms with van der Waals surface area (Å²) in [5.74, 6) is -0.142. The largest absolute Gasteiger partial charge is 0.435 e. The van der Waals surface area contributed by atoms with Crippen molar-refractivity contribution in [2.24, 2.45) is 0 Å². The molecule has 0 aliphatic carbocycles. The van der Waals surface area contributed by atoms with Gasteiger partial charge in [-0.05, 0) is 43.2 Å². The van der Waals surface area contributed by atoms with E-state index in [9.17, 15) is 18.0 Å². The zero-order valence-electron chi connectivity index (χ0n) is 15.1. The van der Waals surface area contributed by atoms with E-state index in [4.69, 9.17) is 16.0 Å². The molecular weight excluding hydrogens is 409 g/mol. The van der Waals surface area contributed by atoms with Gasteiger partial charge in [-0.25, -0.2) is 19.4 Å². The van der Waals surface area contributed by atoms with Crippen molar-refractivity contribution < 1.29 is 17.6 Å². The molecule has 0 atom stereocenters. The Morgan fingerprint density at radius 1 is 1.14 bits per heavy atom. The SMILES string of the molecule is Cc1cccnc1-n1nc(C(F)(F)F)cc1-c1nc2c(C)cc(Cl)cc2c(=O)o1. The van der Waals surface area contributed by atoms with Gasteiger partial charge in [0.2, 0.25) is 5.89 Å². The number of alkyl halides is 3. The number of halogens is 4. The number of benzene rings is 1. The first-order chi connectivity index (χ1) is 13.6. The van der Waals surface area contributed by atoms with Gasteiger partial charge in [-0.15, -0.1) is 0 Å². The van der Waals surface area contributed by atoms with Gasteiger partial charge in [0, 0.05) is 17.3 Å². The number of aryl methyl sites for hydroxylation is 2. The molecule has 0 saturated carbocycles. The molecule has 3 aromatic heterocycles. The summed E-state index contributed by atoms with van der Waals surface area (Å²) in [5.41, 5.74) is -0.633. The van der Waals surface area contributed by atoms with Crippen molar-refractivity contribution in [2.45, 2.75) is 20.0 Å². The highest BCUT2D eigenvalue weighted by atomic mass is 35.5. The standard InChI is InChI=1S/C19H12ClF3N4O2/c1-9-4-3-5-24-16(9)27-13(8-14(26-27)19(21,22)23)17-25-15-10(2)6-11(20)7-12(15)18(28)29-17/h3-8H,1-2H3. The van der Waals surface area contributed by atoms with E-state index < -0.39 is 17.5 Å². The lowest BCUT2D eigenvalue weighted by molar-refractivity contribution is -0.141. The van der Waals surface area contributed by atoms with Gasteiger partial charge in [0.25, 0.3) is 0 Å². The highest BCUT2D eigenvalue weighted by Crippen LogP contribution is 2.33. The van der Waals surface area contributed by atoms with Crippen LogP contribution in [0.4, 0.5) is 13.2 Å². The Bertz CT molecular complexity index is 1310. The van der Waals surface area contributed by atoms with Gasteiger partial charge >= 0.3 is 11.8 Å². The van der Waals surface area contributed by atoms with Crippen LogP contribution in [0.5, 0.6) is 0 Å². The van der Waals surface area contributed by atoms with Gasteiger partial charge in [0.15, 0.2) is 11.5 Å². The molecule has 0 fully saturated rings. The maximum atomic E-state index is 13.3. The third-order valence-corrected chi connectivity index (χ3v) is 4.51. The Labute approximate surface area is 166 Å². The fourth-order valence-corrected chi connectivity index (χ4v) is 3.22. The maximum Gasteiger partial charge on any atom is 0.435 e. The van der Waals surface area contributed by atoms with Crippen LogP contribution in [0.1, 0.15) is 16.8 Å². The van der Waals surface area contributed by atoms with E-state index in [1.54, 1.807) is 32.0 Å². The zero-order valence-corrected chi connectivity index (χ0v) is 15.8. The molecule has 0 bridgehead atoms. The van der Waals surface area contributed by atoms with Crippen LogP contribution in [0.2, 0.25) is 5.02 Å². The molecule has 4 rings (SSSR count). The molecule has 29 heavy (non-hydrogen) atoms. The van der Waals surface area contributed by atoms with Crippen molar-refractivity contribution in [1.82, 2.24) is 19.7 Å². The molecule has 0 aliphatic heterocycles. The fraction of sp³-hybridized carbons (Fsp3) is 0.158. The summed E-state index contributed by atoms with van der Waals surface area (Å²) in [4.78, 5) is 20.9. The molecule has 0 aliphatic rings.